The fourth-order valence-electron chi connectivity index (χ4n) is 3.15. The molecule has 1 aliphatic rings. The van der Waals surface area contributed by atoms with Crippen LogP contribution in [0.2, 0.25) is 0 Å². The maximum absolute atomic E-state index is 13.3. The third-order valence-corrected chi connectivity index (χ3v) is 5.22. The maximum Gasteiger partial charge on any atom is 0.282 e. The molecule has 1 amide bonds. The van der Waals surface area contributed by atoms with E-state index in [9.17, 15) is 4.79 Å². The van der Waals surface area contributed by atoms with Crippen molar-refractivity contribution in [1.82, 2.24) is 0 Å². The number of aliphatic imine (C=N–C) groups is 1. The number of hydrogen-bond donors (Lipinski definition) is 0. The Morgan fingerprint density at radius 3 is 2.17 bits per heavy atom. The summed E-state index contributed by atoms with van der Waals surface area (Å²) in [4.78, 5) is 21.7. The number of amidine groups is 1. The SMILES string of the molecule is CN(C)c1ccc(/C=C2/N=C(c3ccccc3)N(c3ccc(Br)cc3)C2=O)cc1. The van der Waals surface area contributed by atoms with Gasteiger partial charge in [-0.3, -0.25) is 9.69 Å². The Labute approximate surface area is 178 Å². The topological polar surface area (TPSA) is 35.9 Å². The molecule has 0 fully saturated rings. The summed E-state index contributed by atoms with van der Waals surface area (Å²) in [7, 11) is 4.00. The van der Waals surface area contributed by atoms with Gasteiger partial charge in [0.25, 0.3) is 5.91 Å². The smallest absolute Gasteiger partial charge is 0.282 e. The second-order valence-corrected chi connectivity index (χ2v) is 7.85. The molecule has 1 aliphatic heterocycles. The van der Waals surface area contributed by atoms with Crippen LogP contribution in [0.15, 0.2) is 94.0 Å². The fourth-order valence-corrected chi connectivity index (χ4v) is 3.42. The molecule has 0 bridgehead atoms. The molecule has 0 radical (unpaired) electrons. The van der Waals surface area contributed by atoms with Gasteiger partial charge in [-0.05, 0) is 48.0 Å². The first kappa shape index (κ1) is 19.2. The van der Waals surface area contributed by atoms with Gasteiger partial charge in [-0.1, -0.05) is 58.4 Å². The Hall–Kier alpha value is -3.18. The number of hydrogen-bond acceptors (Lipinski definition) is 3. The van der Waals surface area contributed by atoms with Crippen LogP contribution in [0.4, 0.5) is 11.4 Å². The molecule has 1 heterocycles. The Morgan fingerprint density at radius 2 is 1.55 bits per heavy atom. The van der Waals surface area contributed by atoms with E-state index in [0.29, 0.717) is 11.5 Å². The summed E-state index contributed by atoms with van der Waals surface area (Å²) in [6.07, 6.45) is 1.84. The number of halogens is 1. The van der Waals surface area contributed by atoms with E-state index < -0.39 is 0 Å². The zero-order valence-electron chi connectivity index (χ0n) is 16.2. The van der Waals surface area contributed by atoms with Gasteiger partial charge in [-0.15, -0.1) is 0 Å². The molecule has 3 aromatic rings. The zero-order valence-corrected chi connectivity index (χ0v) is 17.8. The van der Waals surface area contributed by atoms with E-state index in [1.165, 1.54) is 0 Å². The second-order valence-electron chi connectivity index (χ2n) is 6.93. The monoisotopic (exact) mass is 445 g/mol. The molecular formula is C24H20BrN3O. The average Bonchev–Trinajstić information content (AvgIpc) is 3.06. The van der Waals surface area contributed by atoms with Crippen LogP contribution in [-0.2, 0) is 4.79 Å². The highest BCUT2D eigenvalue weighted by Crippen LogP contribution is 2.29. The van der Waals surface area contributed by atoms with Gasteiger partial charge >= 0.3 is 0 Å². The summed E-state index contributed by atoms with van der Waals surface area (Å²) in [5.41, 5.74) is 4.15. The van der Waals surface area contributed by atoms with Gasteiger partial charge in [0, 0.05) is 29.8 Å². The van der Waals surface area contributed by atoms with Crippen LogP contribution in [0.5, 0.6) is 0 Å². The Kier molecular flexibility index (Phi) is 5.32. The number of rotatable bonds is 4. The highest BCUT2D eigenvalue weighted by atomic mass is 79.9. The van der Waals surface area contributed by atoms with E-state index in [4.69, 9.17) is 4.99 Å². The Bertz CT molecular complexity index is 1090. The third kappa shape index (κ3) is 4.00. The van der Waals surface area contributed by atoms with Crippen LogP contribution in [0.1, 0.15) is 11.1 Å². The van der Waals surface area contributed by atoms with Crippen molar-refractivity contribution in [2.45, 2.75) is 0 Å². The van der Waals surface area contributed by atoms with Gasteiger partial charge in [-0.25, -0.2) is 4.99 Å². The van der Waals surface area contributed by atoms with Crippen molar-refractivity contribution in [3.05, 3.63) is 100 Å². The molecule has 0 saturated heterocycles. The summed E-state index contributed by atoms with van der Waals surface area (Å²) in [5.74, 6) is 0.497. The second kappa shape index (κ2) is 8.05. The standard InChI is InChI=1S/C24H20BrN3O/c1-27(2)20-12-8-17(9-13-20)16-22-24(29)28(21-14-10-19(25)11-15-21)23(26-22)18-6-4-3-5-7-18/h3-16H,1-2H3/b22-16+. The van der Waals surface area contributed by atoms with Crippen LogP contribution in [0.25, 0.3) is 6.08 Å². The van der Waals surface area contributed by atoms with Gasteiger partial charge in [0.1, 0.15) is 11.5 Å². The number of amides is 1. The van der Waals surface area contributed by atoms with E-state index in [2.05, 4.69) is 15.9 Å². The highest BCUT2D eigenvalue weighted by Gasteiger charge is 2.32. The maximum atomic E-state index is 13.3. The predicted molar refractivity (Wildman–Crippen MR) is 123 cm³/mol. The van der Waals surface area contributed by atoms with Gasteiger partial charge in [0.2, 0.25) is 0 Å². The first-order valence-electron chi connectivity index (χ1n) is 9.26. The van der Waals surface area contributed by atoms with E-state index in [1.54, 1.807) is 4.90 Å². The van der Waals surface area contributed by atoms with Crippen molar-refractivity contribution in [3.63, 3.8) is 0 Å². The lowest BCUT2D eigenvalue weighted by molar-refractivity contribution is -0.113. The van der Waals surface area contributed by atoms with Crippen molar-refractivity contribution >= 4 is 45.1 Å². The van der Waals surface area contributed by atoms with Crippen molar-refractivity contribution in [3.8, 4) is 0 Å². The molecule has 4 rings (SSSR count). The average molecular weight is 446 g/mol. The quantitative estimate of drug-likeness (QED) is 0.507. The first-order chi connectivity index (χ1) is 14.0. The predicted octanol–water partition coefficient (Wildman–Crippen LogP) is 5.35. The lowest BCUT2D eigenvalue weighted by Crippen LogP contribution is -2.32. The number of nitrogens with zero attached hydrogens (tertiary/aromatic N) is 3. The van der Waals surface area contributed by atoms with Crippen LogP contribution >= 0.6 is 15.9 Å². The van der Waals surface area contributed by atoms with Crippen molar-refractivity contribution in [1.29, 1.82) is 0 Å². The van der Waals surface area contributed by atoms with Crippen molar-refractivity contribution in [2.24, 2.45) is 4.99 Å². The molecule has 4 nitrogen and oxygen atoms in total. The molecule has 3 aromatic carbocycles. The zero-order chi connectivity index (χ0) is 20.4. The van der Waals surface area contributed by atoms with Gasteiger partial charge in [0.15, 0.2) is 0 Å². The normalized spacial score (nSPS) is 15.0. The van der Waals surface area contributed by atoms with E-state index in [0.717, 1.165) is 27.0 Å². The number of carbonyl (C=O) groups is 1. The van der Waals surface area contributed by atoms with Gasteiger partial charge in [0.05, 0.1) is 5.69 Å². The van der Waals surface area contributed by atoms with Crippen LogP contribution in [-0.4, -0.2) is 25.8 Å². The highest BCUT2D eigenvalue weighted by molar-refractivity contribution is 9.10. The minimum Gasteiger partial charge on any atom is -0.378 e. The summed E-state index contributed by atoms with van der Waals surface area (Å²) >= 11 is 3.45. The minimum absolute atomic E-state index is 0.136. The van der Waals surface area contributed by atoms with E-state index >= 15 is 0 Å². The lowest BCUT2D eigenvalue weighted by Gasteiger charge is -2.18. The van der Waals surface area contributed by atoms with Gasteiger partial charge in [-0.2, -0.15) is 0 Å². The number of benzene rings is 3. The minimum atomic E-state index is -0.136. The van der Waals surface area contributed by atoms with E-state index in [-0.39, 0.29) is 5.91 Å². The molecule has 144 valence electrons. The largest absolute Gasteiger partial charge is 0.378 e. The molecule has 0 spiro atoms. The molecule has 0 aromatic heterocycles. The molecule has 0 N–H and O–H groups in total. The van der Waals surface area contributed by atoms with Crippen LogP contribution in [0.3, 0.4) is 0 Å². The van der Waals surface area contributed by atoms with Crippen LogP contribution < -0.4 is 9.80 Å². The van der Waals surface area contributed by atoms with Crippen molar-refractivity contribution in [2.75, 3.05) is 23.9 Å². The van der Waals surface area contributed by atoms with Crippen molar-refractivity contribution < 1.29 is 4.79 Å². The molecular weight excluding hydrogens is 426 g/mol. The lowest BCUT2D eigenvalue weighted by atomic mass is 10.1. The molecule has 0 atom stereocenters. The molecule has 0 saturated carbocycles. The molecule has 0 aliphatic carbocycles. The summed E-state index contributed by atoms with van der Waals surface area (Å²) in [6, 6.07) is 25.5. The Balaban J connectivity index is 1.76. The number of carbonyl (C=O) groups excluding carboxylic acids is 1. The summed E-state index contributed by atoms with van der Waals surface area (Å²) < 4.78 is 0.961. The summed E-state index contributed by atoms with van der Waals surface area (Å²) in [5, 5.41) is 0. The van der Waals surface area contributed by atoms with E-state index in [1.807, 2.05) is 104 Å². The van der Waals surface area contributed by atoms with Gasteiger partial charge < -0.3 is 4.90 Å². The Morgan fingerprint density at radius 1 is 0.897 bits per heavy atom. The van der Waals surface area contributed by atoms with Crippen LogP contribution in [0, 0.1) is 0 Å². The molecule has 5 heteroatoms. The third-order valence-electron chi connectivity index (χ3n) is 4.69. The first-order valence-corrected chi connectivity index (χ1v) is 10.1. The number of anilines is 2. The molecule has 0 unspecified atom stereocenters. The molecule has 29 heavy (non-hydrogen) atoms. The summed E-state index contributed by atoms with van der Waals surface area (Å²) in [6.45, 7) is 0. The fraction of sp³-hybridized carbons (Fsp3) is 0.0833.